The zero-order chi connectivity index (χ0) is 20.4. The van der Waals surface area contributed by atoms with Crippen molar-refractivity contribution >= 4 is 28.7 Å². The van der Waals surface area contributed by atoms with E-state index < -0.39 is 0 Å². The number of rotatable bonds is 11. The van der Waals surface area contributed by atoms with Crippen molar-refractivity contribution in [3.63, 3.8) is 0 Å². The van der Waals surface area contributed by atoms with Crippen LogP contribution in [0.2, 0.25) is 0 Å². The Kier molecular flexibility index (Phi) is 8.74. The Morgan fingerprint density at radius 1 is 1.25 bits per heavy atom. The van der Waals surface area contributed by atoms with E-state index in [9.17, 15) is 4.79 Å². The number of hydrazone groups is 1. The molecule has 0 aliphatic rings. The molecule has 0 aliphatic heterocycles. The van der Waals surface area contributed by atoms with Crippen molar-refractivity contribution < 1.29 is 19.0 Å². The summed E-state index contributed by atoms with van der Waals surface area (Å²) in [5.74, 6) is 1.57. The summed E-state index contributed by atoms with van der Waals surface area (Å²) in [4.78, 5) is 15.8. The highest BCUT2D eigenvalue weighted by Gasteiger charge is 2.09. The minimum absolute atomic E-state index is 0.158. The second-order valence-electron chi connectivity index (χ2n) is 6.34. The van der Waals surface area contributed by atoms with E-state index in [-0.39, 0.29) is 12.4 Å². The second kappa shape index (κ2) is 11.3. The van der Waals surface area contributed by atoms with Gasteiger partial charge in [-0.1, -0.05) is 13.8 Å². The van der Waals surface area contributed by atoms with Gasteiger partial charge in [0.2, 0.25) is 5.13 Å². The lowest BCUT2D eigenvalue weighted by molar-refractivity contribution is -0.142. The predicted molar refractivity (Wildman–Crippen MR) is 112 cm³/mol. The molecule has 0 fully saturated rings. The largest absolute Gasteiger partial charge is 0.490 e. The zero-order valence-electron chi connectivity index (χ0n) is 16.7. The molecule has 2 aromatic rings. The van der Waals surface area contributed by atoms with Gasteiger partial charge in [-0.15, -0.1) is 11.3 Å². The van der Waals surface area contributed by atoms with Gasteiger partial charge in [0.25, 0.3) is 0 Å². The zero-order valence-corrected chi connectivity index (χ0v) is 17.5. The monoisotopic (exact) mass is 405 g/mol. The van der Waals surface area contributed by atoms with E-state index in [4.69, 9.17) is 14.2 Å². The van der Waals surface area contributed by atoms with Crippen molar-refractivity contribution in [1.82, 2.24) is 4.98 Å². The topological polar surface area (TPSA) is 82.0 Å². The van der Waals surface area contributed by atoms with Gasteiger partial charge in [0.1, 0.15) is 0 Å². The van der Waals surface area contributed by atoms with Crippen molar-refractivity contribution in [1.29, 1.82) is 0 Å². The van der Waals surface area contributed by atoms with Crippen LogP contribution in [-0.2, 0) is 16.0 Å². The highest BCUT2D eigenvalue weighted by atomic mass is 32.1. The average molecular weight is 406 g/mol. The molecule has 0 spiro atoms. The van der Waals surface area contributed by atoms with Crippen LogP contribution in [0.3, 0.4) is 0 Å². The fourth-order valence-electron chi connectivity index (χ4n) is 2.21. The Bertz CT molecular complexity index is 790. The van der Waals surface area contributed by atoms with E-state index in [0.717, 1.165) is 11.3 Å². The van der Waals surface area contributed by atoms with Crippen LogP contribution in [0.5, 0.6) is 11.5 Å². The van der Waals surface area contributed by atoms with Crippen LogP contribution < -0.4 is 14.9 Å². The molecule has 0 atom stereocenters. The lowest BCUT2D eigenvalue weighted by Gasteiger charge is -2.13. The minimum Gasteiger partial charge on any atom is -0.490 e. The van der Waals surface area contributed by atoms with Crippen LogP contribution in [-0.4, -0.2) is 37.0 Å². The molecule has 0 saturated heterocycles. The molecule has 7 nitrogen and oxygen atoms in total. The minimum atomic E-state index is -0.286. The number of hydrogen-bond acceptors (Lipinski definition) is 8. The van der Waals surface area contributed by atoms with Crippen molar-refractivity contribution in [3.05, 3.63) is 34.8 Å². The molecule has 152 valence electrons. The number of anilines is 1. The average Bonchev–Trinajstić information content (AvgIpc) is 3.08. The maximum atomic E-state index is 11.5. The van der Waals surface area contributed by atoms with Gasteiger partial charge in [-0.3, -0.25) is 10.2 Å². The number of ether oxygens (including phenoxy) is 3. The van der Waals surface area contributed by atoms with E-state index in [0.29, 0.717) is 42.3 Å². The van der Waals surface area contributed by atoms with Gasteiger partial charge < -0.3 is 14.2 Å². The van der Waals surface area contributed by atoms with Crippen LogP contribution in [0.1, 0.15) is 39.0 Å². The molecule has 1 heterocycles. The van der Waals surface area contributed by atoms with E-state index in [1.54, 1.807) is 13.1 Å². The van der Waals surface area contributed by atoms with Gasteiger partial charge in [0.15, 0.2) is 11.5 Å². The van der Waals surface area contributed by atoms with E-state index in [1.165, 1.54) is 11.3 Å². The third kappa shape index (κ3) is 7.19. The number of hydrogen-bond donors (Lipinski definition) is 1. The molecule has 0 unspecified atom stereocenters. The van der Waals surface area contributed by atoms with Crippen LogP contribution >= 0.6 is 11.3 Å². The quantitative estimate of drug-likeness (QED) is 0.344. The number of aromatic nitrogens is 1. The fraction of sp³-hybridized carbons (Fsp3) is 0.450. The first-order chi connectivity index (χ1) is 13.5. The van der Waals surface area contributed by atoms with Gasteiger partial charge in [0, 0.05) is 5.38 Å². The van der Waals surface area contributed by atoms with Crippen molar-refractivity contribution in [2.24, 2.45) is 11.0 Å². The van der Waals surface area contributed by atoms with Gasteiger partial charge in [-0.2, -0.15) is 5.10 Å². The molecule has 1 aromatic carbocycles. The first kappa shape index (κ1) is 21.7. The Morgan fingerprint density at radius 2 is 2.07 bits per heavy atom. The molecule has 0 bridgehead atoms. The first-order valence-electron chi connectivity index (χ1n) is 9.30. The van der Waals surface area contributed by atoms with Crippen molar-refractivity contribution in [2.45, 2.75) is 34.1 Å². The third-order valence-electron chi connectivity index (χ3n) is 3.40. The predicted octanol–water partition coefficient (Wildman–Crippen LogP) is 4.13. The van der Waals surface area contributed by atoms with Crippen LogP contribution in [0.4, 0.5) is 5.13 Å². The number of thiazole rings is 1. The molecular formula is C20H27N3O4S. The summed E-state index contributed by atoms with van der Waals surface area (Å²) in [6.45, 7) is 9.47. The SMILES string of the molecule is CCOC(=O)Cc1csc(NN=Cc2ccc(OCC(C)C)c(OCC)c2)n1. The molecule has 0 radical (unpaired) electrons. The fourth-order valence-corrected chi connectivity index (χ4v) is 2.87. The number of carbonyl (C=O) groups is 1. The normalized spacial score (nSPS) is 11.0. The molecule has 2 rings (SSSR count). The number of carbonyl (C=O) groups excluding carboxylic acids is 1. The Labute approximate surface area is 169 Å². The summed E-state index contributed by atoms with van der Waals surface area (Å²) in [5, 5.41) is 6.62. The first-order valence-corrected chi connectivity index (χ1v) is 10.2. The molecular weight excluding hydrogens is 378 g/mol. The van der Waals surface area contributed by atoms with E-state index in [1.807, 2.05) is 30.5 Å². The van der Waals surface area contributed by atoms with Gasteiger partial charge in [-0.05, 0) is 43.5 Å². The lowest BCUT2D eigenvalue weighted by atomic mass is 10.2. The summed E-state index contributed by atoms with van der Waals surface area (Å²) < 4.78 is 16.4. The Balaban J connectivity index is 1.97. The van der Waals surface area contributed by atoms with Crippen LogP contribution in [0, 0.1) is 5.92 Å². The summed E-state index contributed by atoms with van der Waals surface area (Å²) in [6, 6.07) is 5.69. The summed E-state index contributed by atoms with van der Waals surface area (Å²) in [7, 11) is 0. The smallest absolute Gasteiger partial charge is 0.311 e. The number of esters is 1. The van der Waals surface area contributed by atoms with Gasteiger partial charge in [-0.25, -0.2) is 4.98 Å². The van der Waals surface area contributed by atoms with Gasteiger partial charge in [0.05, 0.1) is 38.1 Å². The maximum Gasteiger partial charge on any atom is 0.311 e. The number of nitrogens with one attached hydrogen (secondary N) is 1. The van der Waals surface area contributed by atoms with Crippen LogP contribution in [0.25, 0.3) is 0 Å². The van der Waals surface area contributed by atoms with Crippen molar-refractivity contribution in [3.8, 4) is 11.5 Å². The molecule has 0 aliphatic carbocycles. The van der Waals surface area contributed by atoms with E-state index in [2.05, 4.69) is 29.4 Å². The standard InChI is InChI=1S/C20H27N3O4S/c1-5-25-18-9-15(7-8-17(18)27-12-14(3)4)11-21-23-20-22-16(13-28-20)10-19(24)26-6-2/h7-9,11,13-14H,5-6,10,12H2,1-4H3,(H,22,23). The molecule has 0 saturated carbocycles. The Hall–Kier alpha value is -2.61. The summed E-state index contributed by atoms with van der Waals surface area (Å²) in [6.07, 6.45) is 1.84. The Morgan fingerprint density at radius 3 is 2.79 bits per heavy atom. The number of nitrogens with zero attached hydrogens (tertiary/aromatic N) is 2. The molecule has 0 amide bonds. The lowest BCUT2D eigenvalue weighted by Crippen LogP contribution is -2.07. The summed E-state index contributed by atoms with van der Waals surface area (Å²) >= 11 is 1.38. The van der Waals surface area contributed by atoms with Crippen LogP contribution in [0.15, 0.2) is 28.7 Å². The summed E-state index contributed by atoms with van der Waals surface area (Å²) in [5.41, 5.74) is 4.41. The molecule has 1 N–H and O–H groups in total. The van der Waals surface area contributed by atoms with E-state index >= 15 is 0 Å². The van der Waals surface area contributed by atoms with Crippen molar-refractivity contribution in [2.75, 3.05) is 25.2 Å². The third-order valence-corrected chi connectivity index (χ3v) is 4.19. The number of benzene rings is 1. The second-order valence-corrected chi connectivity index (χ2v) is 7.20. The maximum absolute atomic E-state index is 11.5. The molecule has 8 heteroatoms. The molecule has 1 aromatic heterocycles. The highest BCUT2D eigenvalue weighted by Crippen LogP contribution is 2.28. The van der Waals surface area contributed by atoms with Gasteiger partial charge >= 0.3 is 5.97 Å². The highest BCUT2D eigenvalue weighted by molar-refractivity contribution is 7.13. The molecule has 28 heavy (non-hydrogen) atoms.